The minimum Gasteiger partial charge on any atom is -0.311 e. The van der Waals surface area contributed by atoms with Crippen LogP contribution in [0.1, 0.15) is 17.7 Å². The number of hydrogen-bond acceptors (Lipinski definition) is 4. The summed E-state index contributed by atoms with van der Waals surface area (Å²) in [5.74, 6) is 0. The van der Waals surface area contributed by atoms with E-state index in [2.05, 4.69) is 15.2 Å². The molecule has 1 aromatic heterocycles. The van der Waals surface area contributed by atoms with Gasteiger partial charge in [-0.25, -0.2) is 0 Å². The van der Waals surface area contributed by atoms with Crippen LogP contribution in [0.25, 0.3) is 0 Å². The maximum absolute atomic E-state index is 4.05. The normalized spacial score (nSPS) is 17.7. The van der Waals surface area contributed by atoms with Crippen LogP contribution in [-0.2, 0) is 6.54 Å². The van der Waals surface area contributed by atoms with Gasteiger partial charge in [-0.3, -0.25) is 4.98 Å². The van der Waals surface area contributed by atoms with Crippen molar-refractivity contribution < 1.29 is 0 Å². The largest absolute Gasteiger partial charge is 0.311 e. The summed E-state index contributed by atoms with van der Waals surface area (Å²) in [7, 11) is 0. The van der Waals surface area contributed by atoms with Crippen LogP contribution in [-0.4, -0.2) is 36.1 Å². The minimum atomic E-state index is 0.971. The number of aromatic nitrogens is 1. The molecule has 78 valence electrons. The maximum atomic E-state index is 4.05. The van der Waals surface area contributed by atoms with E-state index in [0.29, 0.717) is 0 Å². The molecule has 2 rings (SSSR count). The first-order chi connectivity index (χ1) is 6.95. The smallest absolute Gasteiger partial charge is 0.0794 e. The first-order valence-electron chi connectivity index (χ1n) is 5.25. The Bertz CT molecular complexity index is 242. The minimum absolute atomic E-state index is 0.971. The van der Waals surface area contributed by atoms with Crippen molar-refractivity contribution in [1.82, 2.24) is 15.2 Å². The fourth-order valence-corrected chi connectivity index (χ4v) is 2.35. The molecule has 3 nitrogen and oxygen atoms in total. The Hall–Kier alpha value is -0.450. The first kappa shape index (κ1) is 10.1. The average molecular weight is 211 g/mol. The Balaban J connectivity index is 1.55. The number of thiazole rings is 1. The third kappa shape index (κ3) is 3.04. The lowest BCUT2D eigenvalue weighted by Gasteiger charge is -2.14. The van der Waals surface area contributed by atoms with Gasteiger partial charge in [-0.2, -0.15) is 0 Å². The zero-order valence-electron chi connectivity index (χ0n) is 8.41. The predicted octanol–water partition coefficient (Wildman–Crippen LogP) is 1.33. The van der Waals surface area contributed by atoms with Crippen molar-refractivity contribution in [1.29, 1.82) is 0 Å². The topological polar surface area (TPSA) is 28.2 Å². The highest BCUT2D eigenvalue weighted by atomic mass is 32.1. The van der Waals surface area contributed by atoms with Gasteiger partial charge in [-0.05, 0) is 25.9 Å². The molecule has 0 unspecified atom stereocenters. The van der Waals surface area contributed by atoms with E-state index in [-0.39, 0.29) is 0 Å². The van der Waals surface area contributed by atoms with E-state index in [4.69, 9.17) is 0 Å². The SMILES string of the molecule is c1ncc(CNCCN2CCCC2)s1. The molecule has 0 spiro atoms. The lowest BCUT2D eigenvalue weighted by atomic mass is 10.4. The quantitative estimate of drug-likeness (QED) is 0.745. The number of nitrogens with one attached hydrogen (secondary N) is 1. The van der Waals surface area contributed by atoms with E-state index in [1.54, 1.807) is 11.3 Å². The molecular formula is C10H17N3S. The zero-order chi connectivity index (χ0) is 9.64. The second-order valence-corrected chi connectivity index (χ2v) is 4.66. The van der Waals surface area contributed by atoms with E-state index in [1.807, 2.05) is 11.7 Å². The molecule has 0 bridgehead atoms. The standard InChI is InChI=1S/C10H17N3S/c1-2-5-13(4-1)6-3-11-7-10-8-12-9-14-10/h8-9,11H,1-7H2. The highest BCUT2D eigenvalue weighted by Crippen LogP contribution is 2.06. The Morgan fingerprint density at radius 2 is 2.29 bits per heavy atom. The van der Waals surface area contributed by atoms with E-state index in [1.165, 1.54) is 37.4 Å². The molecule has 1 fully saturated rings. The number of nitrogens with zero attached hydrogens (tertiary/aromatic N) is 2. The molecule has 1 aliphatic rings. The average Bonchev–Trinajstić information content (AvgIpc) is 2.86. The summed E-state index contributed by atoms with van der Waals surface area (Å²) < 4.78 is 0. The van der Waals surface area contributed by atoms with E-state index >= 15 is 0 Å². The van der Waals surface area contributed by atoms with Crippen LogP contribution in [0.2, 0.25) is 0 Å². The molecule has 1 saturated heterocycles. The van der Waals surface area contributed by atoms with Crippen molar-refractivity contribution in [2.24, 2.45) is 0 Å². The van der Waals surface area contributed by atoms with Crippen molar-refractivity contribution >= 4 is 11.3 Å². The Morgan fingerprint density at radius 1 is 1.43 bits per heavy atom. The van der Waals surface area contributed by atoms with Crippen LogP contribution in [0.5, 0.6) is 0 Å². The van der Waals surface area contributed by atoms with Gasteiger partial charge in [-0.1, -0.05) is 0 Å². The molecular weight excluding hydrogens is 194 g/mol. The highest BCUT2D eigenvalue weighted by Gasteiger charge is 2.09. The number of likely N-dealkylation sites (tertiary alicyclic amines) is 1. The fraction of sp³-hybridized carbons (Fsp3) is 0.700. The van der Waals surface area contributed by atoms with Gasteiger partial charge in [0, 0.05) is 30.7 Å². The van der Waals surface area contributed by atoms with Gasteiger partial charge in [0.05, 0.1) is 5.51 Å². The summed E-state index contributed by atoms with van der Waals surface area (Å²) in [6.07, 6.45) is 4.71. The maximum Gasteiger partial charge on any atom is 0.0794 e. The molecule has 2 heterocycles. The molecule has 0 saturated carbocycles. The molecule has 1 aliphatic heterocycles. The van der Waals surface area contributed by atoms with Crippen LogP contribution in [0.4, 0.5) is 0 Å². The highest BCUT2D eigenvalue weighted by molar-refractivity contribution is 7.09. The van der Waals surface area contributed by atoms with Crippen LogP contribution in [0, 0.1) is 0 Å². The summed E-state index contributed by atoms with van der Waals surface area (Å²) >= 11 is 1.72. The summed E-state index contributed by atoms with van der Waals surface area (Å²) in [6.45, 7) is 5.85. The fourth-order valence-electron chi connectivity index (χ4n) is 1.78. The summed E-state index contributed by atoms with van der Waals surface area (Å²) in [5.41, 5.74) is 1.89. The van der Waals surface area contributed by atoms with Crippen molar-refractivity contribution in [2.45, 2.75) is 19.4 Å². The molecule has 0 aromatic carbocycles. The Labute approximate surface area is 89.1 Å². The van der Waals surface area contributed by atoms with Crippen LogP contribution in [0.15, 0.2) is 11.7 Å². The Morgan fingerprint density at radius 3 is 3.00 bits per heavy atom. The van der Waals surface area contributed by atoms with Gasteiger partial charge in [-0.15, -0.1) is 11.3 Å². The van der Waals surface area contributed by atoms with Gasteiger partial charge >= 0.3 is 0 Å². The Kier molecular flexibility index (Phi) is 3.91. The van der Waals surface area contributed by atoms with E-state index in [9.17, 15) is 0 Å². The van der Waals surface area contributed by atoms with Crippen molar-refractivity contribution in [3.8, 4) is 0 Å². The van der Waals surface area contributed by atoms with Crippen molar-refractivity contribution in [2.75, 3.05) is 26.2 Å². The summed E-state index contributed by atoms with van der Waals surface area (Å²) in [6, 6.07) is 0. The molecule has 0 radical (unpaired) electrons. The number of hydrogen-bond donors (Lipinski definition) is 1. The molecule has 0 aliphatic carbocycles. The molecule has 0 atom stereocenters. The second-order valence-electron chi connectivity index (χ2n) is 3.69. The third-order valence-electron chi connectivity index (χ3n) is 2.59. The predicted molar refractivity (Wildman–Crippen MR) is 59.5 cm³/mol. The lowest BCUT2D eigenvalue weighted by Crippen LogP contribution is -2.29. The van der Waals surface area contributed by atoms with E-state index < -0.39 is 0 Å². The van der Waals surface area contributed by atoms with E-state index in [0.717, 1.165) is 13.1 Å². The molecule has 1 aromatic rings. The third-order valence-corrected chi connectivity index (χ3v) is 3.37. The molecule has 4 heteroatoms. The van der Waals surface area contributed by atoms with Gasteiger partial charge < -0.3 is 10.2 Å². The molecule has 14 heavy (non-hydrogen) atoms. The molecule has 1 N–H and O–H groups in total. The van der Waals surface area contributed by atoms with Crippen molar-refractivity contribution in [3.63, 3.8) is 0 Å². The number of rotatable bonds is 5. The van der Waals surface area contributed by atoms with Crippen LogP contribution < -0.4 is 5.32 Å². The summed E-state index contributed by atoms with van der Waals surface area (Å²) in [4.78, 5) is 7.90. The van der Waals surface area contributed by atoms with Gasteiger partial charge in [0.2, 0.25) is 0 Å². The van der Waals surface area contributed by atoms with Crippen LogP contribution >= 0.6 is 11.3 Å². The van der Waals surface area contributed by atoms with Crippen molar-refractivity contribution in [3.05, 3.63) is 16.6 Å². The second kappa shape index (κ2) is 5.44. The van der Waals surface area contributed by atoms with Gasteiger partial charge in [0.15, 0.2) is 0 Å². The lowest BCUT2D eigenvalue weighted by molar-refractivity contribution is 0.336. The first-order valence-corrected chi connectivity index (χ1v) is 6.13. The zero-order valence-corrected chi connectivity index (χ0v) is 9.22. The van der Waals surface area contributed by atoms with Gasteiger partial charge in [0.25, 0.3) is 0 Å². The monoisotopic (exact) mass is 211 g/mol. The molecule has 0 amide bonds. The summed E-state index contributed by atoms with van der Waals surface area (Å²) in [5, 5.41) is 3.44. The van der Waals surface area contributed by atoms with Crippen LogP contribution in [0.3, 0.4) is 0 Å². The van der Waals surface area contributed by atoms with Gasteiger partial charge in [0.1, 0.15) is 0 Å².